The SMILES string of the molecule is COc1ccc(-c2noc(N3CCC(C(=O)NCCc4ccc(OC)cc4OC)CC3)n2)cc1. The van der Waals surface area contributed by atoms with Crippen molar-refractivity contribution in [2.75, 3.05) is 45.9 Å². The maximum absolute atomic E-state index is 12.7. The molecule has 9 nitrogen and oxygen atoms in total. The highest BCUT2D eigenvalue weighted by Crippen LogP contribution is 2.27. The number of hydrogen-bond donors (Lipinski definition) is 1. The van der Waals surface area contributed by atoms with E-state index in [0.29, 0.717) is 37.9 Å². The standard InChI is InChI=1S/C25H30N4O5/c1-31-20-7-5-18(6-8-20)23-27-25(34-28-23)29-14-11-19(12-15-29)24(30)26-13-10-17-4-9-21(32-2)16-22(17)33-3/h4-9,16,19H,10-15H2,1-3H3,(H,26,30). The summed E-state index contributed by atoms with van der Waals surface area (Å²) in [6, 6.07) is 13.7. The van der Waals surface area contributed by atoms with Crippen LogP contribution in [0.1, 0.15) is 18.4 Å². The number of carbonyl (C=O) groups is 1. The van der Waals surface area contributed by atoms with E-state index in [1.165, 1.54) is 0 Å². The van der Waals surface area contributed by atoms with Crippen LogP contribution in [-0.4, -0.2) is 57.0 Å². The van der Waals surface area contributed by atoms with Crippen LogP contribution in [0.25, 0.3) is 11.4 Å². The van der Waals surface area contributed by atoms with Gasteiger partial charge >= 0.3 is 6.01 Å². The van der Waals surface area contributed by atoms with Gasteiger partial charge in [-0.05, 0) is 55.2 Å². The van der Waals surface area contributed by atoms with Crippen molar-refractivity contribution >= 4 is 11.9 Å². The third-order valence-electron chi connectivity index (χ3n) is 6.09. The molecule has 34 heavy (non-hydrogen) atoms. The lowest BCUT2D eigenvalue weighted by atomic mass is 9.96. The molecule has 1 fully saturated rings. The van der Waals surface area contributed by atoms with Crippen molar-refractivity contribution in [1.82, 2.24) is 15.5 Å². The third kappa shape index (κ3) is 5.41. The topological polar surface area (TPSA) is 99.0 Å². The monoisotopic (exact) mass is 466 g/mol. The molecule has 1 N–H and O–H groups in total. The van der Waals surface area contributed by atoms with Crippen molar-refractivity contribution in [1.29, 1.82) is 0 Å². The molecule has 1 aliphatic heterocycles. The lowest BCUT2D eigenvalue weighted by Crippen LogP contribution is -2.41. The van der Waals surface area contributed by atoms with Crippen LogP contribution in [0.2, 0.25) is 0 Å². The van der Waals surface area contributed by atoms with Crippen molar-refractivity contribution in [3.05, 3.63) is 48.0 Å². The number of methoxy groups -OCH3 is 3. The molecule has 0 saturated carbocycles. The molecular weight excluding hydrogens is 436 g/mol. The zero-order valence-corrected chi connectivity index (χ0v) is 19.7. The summed E-state index contributed by atoms with van der Waals surface area (Å²) in [6.45, 7) is 1.93. The molecule has 2 aromatic carbocycles. The molecule has 4 rings (SSSR count). The van der Waals surface area contributed by atoms with Gasteiger partial charge in [0, 0.05) is 37.2 Å². The van der Waals surface area contributed by atoms with Crippen LogP contribution in [0, 0.1) is 5.92 Å². The van der Waals surface area contributed by atoms with Gasteiger partial charge in [-0.2, -0.15) is 4.98 Å². The summed E-state index contributed by atoms with van der Waals surface area (Å²) >= 11 is 0. The smallest absolute Gasteiger partial charge is 0.324 e. The Morgan fingerprint density at radius 1 is 1.03 bits per heavy atom. The normalized spacial score (nSPS) is 14.0. The molecule has 1 aromatic heterocycles. The van der Waals surface area contributed by atoms with Crippen LogP contribution in [-0.2, 0) is 11.2 Å². The summed E-state index contributed by atoms with van der Waals surface area (Å²) < 4.78 is 21.3. The Morgan fingerprint density at radius 2 is 1.74 bits per heavy atom. The van der Waals surface area contributed by atoms with Crippen molar-refractivity contribution in [3.8, 4) is 28.6 Å². The van der Waals surface area contributed by atoms with Gasteiger partial charge in [0.1, 0.15) is 17.2 Å². The minimum atomic E-state index is -0.0296. The molecular formula is C25H30N4O5. The van der Waals surface area contributed by atoms with E-state index in [9.17, 15) is 4.79 Å². The van der Waals surface area contributed by atoms with Crippen LogP contribution in [0.3, 0.4) is 0 Å². The highest BCUT2D eigenvalue weighted by Gasteiger charge is 2.27. The summed E-state index contributed by atoms with van der Waals surface area (Å²) in [5.74, 6) is 2.86. The van der Waals surface area contributed by atoms with E-state index >= 15 is 0 Å². The van der Waals surface area contributed by atoms with Crippen molar-refractivity contribution in [2.45, 2.75) is 19.3 Å². The van der Waals surface area contributed by atoms with Crippen molar-refractivity contribution in [2.24, 2.45) is 5.92 Å². The van der Waals surface area contributed by atoms with E-state index in [1.807, 2.05) is 47.4 Å². The van der Waals surface area contributed by atoms with E-state index < -0.39 is 0 Å². The lowest BCUT2D eigenvalue weighted by Gasteiger charge is -2.29. The molecule has 0 bridgehead atoms. The van der Waals surface area contributed by atoms with Gasteiger partial charge in [0.05, 0.1) is 21.3 Å². The van der Waals surface area contributed by atoms with Gasteiger partial charge in [-0.25, -0.2) is 0 Å². The first-order valence-electron chi connectivity index (χ1n) is 11.3. The second-order valence-electron chi connectivity index (χ2n) is 8.11. The molecule has 180 valence electrons. The predicted octanol–water partition coefficient (Wildman–Crippen LogP) is 3.34. The summed E-state index contributed by atoms with van der Waals surface area (Å²) in [4.78, 5) is 19.2. The van der Waals surface area contributed by atoms with Gasteiger partial charge in [0.15, 0.2) is 0 Å². The van der Waals surface area contributed by atoms with E-state index in [-0.39, 0.29) is 11.8 Å². The second-order valence-corrected chi connectivity index (χ2v) is 8.11. The Labute approximate surface area is 199 Å². The molecule has 0 aliphatic carbocycles. The molecule has 2 heterocycles. The van der Waals surface area contributed by atoms with E-state index in [4.69, 9.17) is 18.7 Å². The minimum Gasteiger partial charge on any atom is -0.497 e. The predicted molar refractivity (Wildman–Crippen MR) is 127 cm³/mol. The zero-order valence-electron chi connectivity index (χ0n) is 19.7. The number of piperidine rings is 1. The van der Waals surface area contributed by atoms with E-state index in [0.717, 1.165) is 41.2 Å². The summed E-state index contributed by atoms with van der Waals surface area (Å²) in [5, 5.41) is 7.16. The molecule has 3 aromatic rings. The maximum Gasteiger partial charge on any atom is 0.324 e. The van der Waals surface area contributed by atoms with E-state index in [2.05, 4.69) is 15.5 Å². The Kier molecular flexibility index (Phi) is 7.51. The average Bonchev–Trinajstić information content (AvgIpc) is 3.39. The summed E-state index contributed by atoms with van der Waals surface area (Å²) in [6.07, 6.45) is 2.16. The number of ether oxygens (including phenoxy) is 3. The highest BCUT2D eigenvalue weighted by atomic mass is 16.5. The second kappa shape index (κ2) is 10.9. The van der Waals surface area contributed by atoms with Crippen LogP contribution in [0.4, 0.5) is 6.01 Å². The van der Waals surface area contributed by atoms with Crippen molar-refractivity contribution < 1.29 is 23.5 Å². The maximum atomic E-state index is 12.7. The first-order valence-corrected chi connectivity index (χ1v) is 11.3. The Morgan fingerprint density at radius 3 is 2.41 bits per heavy atom. The van der Waals surface area contributed by atoms with Gasteiger partial charge in [-0.3, -0.25) is 4.79 Å². The fraction of sp³-hybridized carbons (Fsp3) is 0.400. The largest absolute Gasteiger partial charge is 0.497 e. The molecule has 0 unspecified atom stereocenters. The number of benzene rings is 2. The molecule has 9 heteroatoms. The lowest BCUT2D eigenvalue weighted by molar-refractivity contribution is -0.125. The molecule has 1 saturated heterocycles. The molecule has 1 aliphatic rings. The number of hydrogen-bond acceptors (Lipinski definition) is 8. The summed E-state index contributed by atoms with van der Waals surface area (Å²) in [7, 11) is 4.88. The third-order valence-corrected chi connectivity index (χ3v) is 6.09. The van der Waals surface area contributed by atoms with Gasteiger partial charge in [-0.15, -0.1) is 0 Å². The number of nitrogens with zero attached hydrogens (tertiary/aromatic N) is 3. The molecule has 0 radical (unpaired) electrons. The molecule has 0 atom stereocenters. The number of nitrogens with one attached hydrogen (secondary N) is 1. The number of rotatable bonds is 9. The highest BCUT2D eigenvalue weighted by molar-refractivity contribution is 5.79. The number of aromatic nitrogens is 2. The Balaban J connectivity index is 1.25. The Bertz CT molecular complexity index is 1090. The number of amides is 1. The number of anilines is 1. The van der Waals surface area contributed by atoms with Crippen molar-refractivity contribution in [3.63, 3.8) is 0 Å². The van der Waals surface area contributed by atoms with Crippen LogP contribution < -0.4 is 24.4 Å². The quantitative estimate of drug-likeness (QED) is 0.513. The van der Waals surface area contributed by atoms with Crippen LogP contribution >= 0.6 is 0 Å². The van der Waals surface area contributed by atoms with Gasteiger partial charge in [0.25, 0.3) is 0 Å². The van der Waals surface area contributed by atoms with Gasteiger partial charge in [0.2, 0.25) is 11.7 Å². The minimum absolute atomic E-state index is 0.0296. The van der Waals surface area contributed by atoms with Gasteiger partial charge in [-0.1, -0.05) is 11.2 Å². The molecule has 0 spiro atoms. The van der Waals surface area contributed by atoms with Gasteiger partial charge < -0.3 is 29.0 Å². The fourth-order valence-electron chi connectivity index (χ4n) is 4.06. The van der Waals surface area contributed by atoms with Crippen LogP contribution in [0.15, 0.2) is 47.0 Å². The average molecular weight is 467 g/mol. The molecule has 1 amide bonds. The van der Waals surface area contributed by atoms with Crippen LogP contribution in [0.5, 0.6) is 17.2 Å². The first kappa shape index (κ1) is 23.4. The Hall–Kier alpha value is -3.75. The summed E-state index contributed by atoms with van der Waals surface area (Å²) in [5.41, 5.74) is 1.89. The number of carbonyl (C=O) groups excluding carboxylic acids is 1. The fourth-order valence-corrected chi connectivity index (χ4v) is 4.06. The van der Waals surface area contributed by atoms with E-state index in [1.54, 1.807) is 21.3 Å². The zero-order chi connectivity index (χ0) is 23.9. The first-order chi connectivity index (χ1) is 16.6.